The number of allylic oxidation sites excluding steroid dienone is 3. The average molecular weight is 513 g/mol. The summed E-state index contributed by atoms with van der Waals surface area (Å²) in [5.74, 6) is 0.0414. The van der Waals surface area contributed by atoms with Gasteiger partial charge in [-0.15, -0.1) is 0 Å². The molecular formula is C33H52O4. The highest BCUT2D eigenvalue weighted by Gasteiger charge is 2.50. The number of benzene rings is 1. The standard InChI is InChI=1S/C31H46O4.C2H6/c1-20(2)8-14-25-28(33)27(26(32)15-13-24-11-9-23(7)10-12-24)30(35)31(29(25)34,18-16-21(3)4)19-17-22(5)6;1-2/h9-12,20-22,33-34H,8,13-19H2,1-7H3;1-2H3. The van der Waals surface area contributed by atoms with Crippen molar-refractivity contribution >= 4 is 11.6 Å². The van der Waals surface area contributed by atoms with Gasteiger partial charge in [0.25, 0.3) is 0 Å². The van der Waals surface area contributed by atoms with E-state index in [4.69, 9.17) is 0 Å². The van der Waals surface area contributed by atoms with Crippen molar-refractivity contribution in [2.45, 2.75) is 114 Å². The van der Waals surface area contributed by atoms with Crippen molar-refractivity contribution in [3.05, 3.63) is 58.1 Å². The van der Waals surface area contributed by atoms with Crippen LogP contribution in [0.3, 0.4) is 0 Å². The lowest BCUT2D eigenvalue weighted by atomic mass is 9.64. The van der Waals surface area contributed by atoms with Gasteiger partial charge >= 0.3 is 0 Å². The molecule has 1 aromatic rings. The molecule has 2 N–H and O–H groups in total. The first-order valence-electron chi connectivity index (χ1n) is 14.4. The van der Waals surface area contributed by atoms with E-state index in [1.165, 1.54) is 0 Å². The second-order valence-electron chi connectivity index (χ2n) is 11.7. The molecule has 1 aliphatic rings. The summed E-state index contributed by atoms with van der Waals surface area (Å²) in [6.45, 7) is 18.6. The Morgan fingerprint density at radius 3 is 1.76 bits per heavy atom. The van der Waals surface area contributed by atoms with Crippen LogP contribution in [0.5, 0.6) is 0 Å². The first-order valence-corrected chi connectivity index (χ1v) is 14.4. The quantitative estimate of drug-likeness (QED) is 0.259. The zero-order valence-electron chi connectivity index (χ0n) is 24.9. The van der Waals surface area contributed by atoms with Gasteiger partial charge in [0.05, 0.1) is 5.41 Å². The van der Waals surface area contributed by atoms with Crippen molar-refractivity contribution in [3.8, 4) is 0 Å². The minimum Gasteiger partial charge on any atom is -0.511 e. The van der Waals surface area contributed by atoms with E-state index in [9.17, 15) is 19.8 Å². The second-order valence-corrected chi connectivity index (χ2v) is 11.7. The summed E-state index contributed by atoms with van der Waals surface area (Å²) < 4.78 is 0. The molecule has 0 aromatic heterocycles. The SMILES string of the molecule is CC.Cc1ccc(CCC(=O)C2=C(O)C(CCC(C)C)=C(O)C(CCC(C)C)(CCC(C)C)C2=O)cc1. The van der Waals surface area contributed by atoms with Crippen LogP contribution in [0.2, 0.25) is 0 Å². The topological polar surface area (TPSA) is 74.6 Å². The van der Waals surface area contributed by atoms with E-state index in [0.717, 1.165) is 30.4 Å². The molecule has 208 valence electrons. The third-order valence-corrected chi connectivity index (χ3v) is 7.23. The van der Waals surface area contributed by atoms with Crippen molar-refractivity contribution in [3.63, 3.8) is 0 Å². The Morgan fingerprint density at radius 2 is 1.30 bits per heavy atom. The van der Waals surface area contributed by atoms with Gasteiger partial charge in [0.2, 0.25) is 0 Å². The summed E-state index contributed by atoms with van der Waals surface area (Å²) in [7, 11) is 0. The Balaban J connectivity index is 0.00000334. The Hall–Kier alpha value is -2.36. The van der Waals surface area contributed by atoms with Crippen LogP contribution >= 0.6 is 0 Å². The Labute approximate surface area is 226 Å². The number of hydrogen-bond donors (Lipinski definition) is 2. The zero-order chi connectivity index (χ0) is 28.3. The highest BCUT2D eigenvalue weighted by atomic mass is 16.3. The van der Waals surface area contributed by atoms with Crippen LogP contribution in [0.4, 0.5) is 0 Å². The smallest absolute Gasteiger partial charge is 0.183 e. The normalized spacial score (nSPS) is 15.5. The predicted molar refractivity (Wildman–Crippen MR) is 155 cm³/mol. The van der Waals surface area contributed by atoms with Crippen LogP contribution in [0.25, 0.3) is 0 Å². The van der Waals surface area contributed by atoms with E-state index in [1.54, 1.807) is 0 Å². The van der Waals surface area contributed by atoms with Crippen molar-refractivity contribution < 1.29 is 19.8 Å². The van der Waals surface area contributed by atoms with E-state index >= 15 is 0 Å². The zero-order valence-corrected chi connectivity index (χ0v) is 24.9. The van der Waals surface area contributed by atoms with E-state index < -0.39 is 11.2 Å². The number of aliphatic hydroxyl groups excluding tert-OH is 2. The molecule has 0 heterocycles. The maximum Gasteiger partial charge on any atom is 0.183 e. The fourth-order valence-electron chi connectivity index (χ4n) is 4.73. The largest absolute Gasteiger partial charge is 0.511 e. The predicted octanol–water partition coefficient (Wildman–Crippen LogP) is 9.02. The van der Waals surface area contributed by atoms with Crippen LogP contribution in [0, 0.1) is 30.1 Å². The van der Waals surface area contributed by atoms with Gasteiger partial charge in [-0.2, -0.15) is 0 Å². The molecule has 0 fully saturated rings. The summed E-state index contributed by atoms with van der Waals surface area (Å²) in [4.78, 5) is 27.5. The first-order chi connectivity index (χ1) is 17.4. The molecule has 0 saturated heterocycles. The maximum atomic E-state index is 14.0. The summed E-state index contributed by atoms with van der Waals surface area (Å²) in [6.07, 6.45) is 4.34. The second kappa shape index (κ2) is 15.1. The van der Waals surface area contributed by atoms with Gasteiger partial charge in [-0.05, 0) is 75.2 Å². The van der Waals surface area contributed by atoms with E-state index in [-0.39, 0.29) is 29.3 Å². The highest BCUT2D eigenvalue weighted by molar-refractivity contribution is 6.24. The number of carbonyl (C=O) groups is 2. The fourth-order valence-corrected chi connectivity index (χ4v) is 4.73. The molecule has 4 nitrogen and oxygen atoms in total. The van der Waals surface area contributed by atoms with Gasteiger partial charge in [0.1, 0.15) is 17.1 Å². The maximum absolute atomic E-state index is 14.0. The van der Waals surface area contributed by atoms with Gasteiger partial charge in [-0.1, -0.05) is 85.2 Å². The molecule has 37 heavy (non-hydrogen) atoms. The molecule has 0 atom stereocenters. The van der Waals surface area contributed by atoms with Gasteiger partial charge < -0.3 is 10.2 Å². The van der Waals surface area contributed by atoms with E-state index in [1.807, 2.05) is 45.0 Å². The lowest BCUT2D eigenvalue weighted by Crippen LogP contribution is -2.41. The number of Topliss-reactive ketones (excluding diaryl/α,β-unsaturated/α-hetero) is 2. The molecular weight excluding hydrogens is 460 g/mol. The molecule has 0 aliphatic heterocycles. The van der Waals surface area contributed by atoms with Crippen LogP contribution in [0.1, 0.15) is 111 Å². The Morgan fingerprint density at radius 1 is 0.811 bits per heavy atom. The fraction of sp³-hybridized carbons (Fsp3) is 0.636. The lowest BCUT2D eigenvalue weighted by molar-refractivity contribution is -0.129. The third-order valence-electron chi connectivity index (χ3n) is 7.23. The number of hydrogen-bond acceptors (Lipinski definition) is 4. The summed E-state index contributed by atoms with van der Waals surface area (Å²) in [5, 5.41) is 22.7. The van der Waals surface area contributed by atoms with Crippen LogP contribution in [-0.4, -0.2) is 21.8 Å². The van der Waals surface area contributed by atoms with Crippen molar-refractivity contribution in [1.82, 2.24) is 0 Å². The number of aryl methyl sites for hydroxylation is 2. The van der Waals surface area contributed by atoms with Gasteiger partial charge in [0.15, 0.2) is 11.6 Å². The number of rotatable bonds is 13. The van der Waals surface area contributed by atoms with Gasteiger partial charge in [0, 0.05) is 12.0 Å². The minimum absolute atomic E-state index is 0.00275. The van der Waals surface area contributed by atoms with Crippen molar-refractivity contribution in [1.29, 1.82) is 0 Å². The number of aliphatic hydroxyl groups is 2. The van der Waals surface area contributed by atoms with E-state index in [0.29, 0.717) is 49.0 Å². The molecule has 0 amide bonds. The third kappa shape index (κ3) is 8.86. The van der Waals surface area contributed by atoms with Crippen LogP contribution in [-0.2, 0) is 16.0 Å². The van der Waals surface area contributed by atoms with Crippen LogP contribution in [0.15, 0.2) is 46.9 Å². The highest BCUT2D eigenvalue weighted by Crippen LogP contribution is 2.48. The molecule has 0 radical (unpaired) electrons. The van der Waals surface area contributed by atoms with Crippen molar-refractivity contribution in [2.75, 3.05) is 0 Å². The number of ketones is 2. The van der Waals surface area contributed by atoms with Crippen LogP contribution < -0.4 is 0 Å². The van der Waals surface area contributed by atoms with Gasteiger partial charge in [-0.3, -0.25) is 9.59 Å². The molecule has 0 bridgehead atoms. The summed E-state index contributed by atoms with van der Waals surface area (Å²) >= 11 is 0. The molecule has 1 aromatic carbocycles. The van der Waals surface area contributed by atoms with Crippen molar-refractivity contribution in [2.24, 2.45) is 23.2 Å². The first kappa shape index (κ1) is 32.7. The van der Waals surface area contributed by atoms with Gasteiger partial charge in [-0.25, -0.2) is 0 Å². The molecule has 0 spiro atoms. The average Bonchev–Trinajstić information content (AvgIpc) is 2.84. The Bertz CT molecular complexity index is 933. The molecule has 4 heteroatoms. The molecule has 2 rings (SSSR count). The molecule has 1 aliphatic carbocycles. The van der Waals surface area contributed by atoms with E-state index in [2.05, 4.69) is 41.5 Å². The lowest BCUT2D eigenvalue weighted by Gasteiger charge is -2.38. The minimum atomic E-state index is -1.14. The molecule has 0 saturated carbocycles. The summed E-state index contributed by atoms with van der Waals surface area (Å²) in [5.41, 5.74) is 1.34. The Kier molecular flexibility index (Phi) is 13.4. The summed E-state index contributed by atoms with van der Waals surface area (Å²) in [6, 6.07) is 8.01. The molecule has 0 unspecified atom stereocenters. The monoisotopic (exact) mass is 512 g/mol. The number of carbonyl (C=O) groups excluding carboxylic acids is 2.